The van der Waals surface area contributed by atoms with Gasteiger partial charge in [0.1, 0.15) is 0 Å². The number of carbonyl (C=O) groups is 2. The van der Waals surface area contributed by atoms with Crippen molar-refractivity contribution in [3.8, 4) is 0 Å². The van der Waals surface area contributed by atoms with E-state index in [2.05, 4.69) is 13.5 Å². The first-order valence-electron chi connectivity index (χ1n) is 7.11. The van der Waals surface area contributed by atoms with Crippen molar-refractivity contribution in [2.24, 2.45) is 0 Å². The van der Waals surface area contributed by atoms with Gasteiger partial charge < -0.3 is 10.2 Å². The predicted octanol–water partition coefficient (Wildman–Crippen LogP) is 4.42. The number of unbranched alkanes of at least 4 members (excludes halogenated alkanes) is 6. The van der Waals surface area contributed by atoms with Crippen LogP contribution in [0.5, 0.6) is 0 Å². The lowest BCUT2D eigenvalue weighted by Gasteiger charge is -1.98. The fourth-order valence-electron chi connectivity index (χ4n) is 1.33. The van der Waals surface area contributed by atoms with Crippen LogP contribution in [0.25, 0.3) is 0 Å². The van der Waals surface area contributed by atoms with E-state index in [0.717, 1.165) is 12.8 Å². The van der Waals surface area contributed by atoms with Crippen LogP contribution in [0.3, 0.4) is 0 Å². The maximum absolute atomic E-state index is 10.4. The average Bonchev–Trinajstić information content (AvgIpc) is 2.37. The minimum Gasteiger partial charge on any atom is -0.478 e. The van der Waals surface area contributed by atoms with Gasteiger partial charge in [-0.2, -0.15) is 0 Å². The van der Waals surface area contributed by atoms with E-state index in [1.54, 1.807) is 6.92 Å². The van der Waals surface area contributed by atoms with Crippen molar-refractivity contribution in [1.29, 1.82) is 0 Å². The molecular formula is C16H28O4. The second-order valence-corrected chi connectivity index (χ2v) is 4.83. The van der Waals surface area contributed by atoms with E-state index in [-0.39, 0.29) is 5.57 Å². The van der Waals surface area contributed by atoms with Crippen molar-refractivity contribution in [2.75, 3.05) is 0 Å². The fourth-order valence-corrected chi connectivity index (χ4v) is 1.33. The van der Waals surface area contributed by atoms with Crippen LogP contribution >= 0.6 is 0 Å². The normalized spacial score (nSPS) is 10.4. The highest BCUT2D eigenvalue weighted by Gasteiger charge is 1.97. The first-order chi connectivity index (χ1) is 9.32. The Balaban J connectivity index is 0. The number of aliphatic carboxylic acids is 2. The minimum atomic E-state index is -0.935. The van der Waals surface area contributed by atoms with Crippen molar-refractivity contribution in [1.82, 2.24) is 0 Å². The molecule has 0 aromatic rings. The summed E-state index contributed by atoms with van der Waals surface area (Å²) in [6.45, 7) is 8.46. The topological polar surface area (TPSA) is 74.6 Å². The lowest BCUT2D eigenvalue weighted by atomic mass is 10.1. The Morgan fingerprint density at radius 3 is 1.80 bits per heavy atom. The van der Waals surface area contributed by atoms with Gasteiger partial charge in [0, 0.05) is 11.1 Å². The van der Waals surface area contributed by atoms with Crippen molar-refractivity contribution >= 4 is 11.9 Å². The van der Waals surface area contributed by atoms with Gasteiger partial charge in [-0.05, 0) is 26.7 Å². The van der Waals surface area contributed by atoms with Crippen LogP contribution in [-0.2, 0) is 9.59 Å². The molecule has 0 fully saturated rings. The number of rotatable bonds is 9. The van der Waals surface area contributed by atoms with Crippen molar-refractivity contribution in [2.45, 2.75) is 65.7 Å². The highest BCUT2D eigenvalue weighted by atomic mass is 16.4. The Labute approximate surface area is 122 Å². The molecule has 0 amide bonds. The molecule has 0 aliphatic heterocycles. The number of allylic oxidation sites excluding steroid dienone is 1. The summed E-state index contributed by atoms with van der Waals surface area (Å²) < 4.78 is 0. The maximum Gasteiger partial charge on any atom is 0.330 e. The number of hydrogen-bond acceptors (Lipinski definition) is 2. The van der Waals surface area contributed by atoms with Gasteiger partial charge in [0.05, 0.1) is 0 Å². The summed E-state index contributed by atoms with van der Waals surface area (Å²) in [5.74, 6) is -1.73. The van der Waals surface area contributed by atoms with Crippen LogP contribution in [-0.4, -0.2) is 22.2 Å². The van der Waals surface area contributed by atoms with E-state index in [4.69, 9.17) is 10.2 Å². The first kappa shape index (κ1) is 20.7. The zero-order chi connectivity index (χ0) is 16.0. The first-order valence-corrected chi connectivity index (χ1v) is 7.11. The predicted molar refractivity (Wildman–Crippen MR) is 81.8 cm³/mol. The van der Waals surface area contributed by atoms with Gasteiger partial charge >= 0.3 is 11.9 Å². The Morgan fingerprint density at radius 1 is 0.950 bits per heavy atom. The fraction of sp³-hybridized carbons (Fsp3) is 0.625. The number of carboxylic acids is 2. The molecular weight excluding hydrogens is 256 g/mol. The summed E-state index contributed by atoms with van der Waals surface area (Å²) >= 11 is 0. The van der Waals surface area contributed by atoms with Crippen LogP contribution in [0.15, 0.2) is 23.8 Å². The number of hydrogen-bond donors (Lipinski definition) is 2. The smallest absolute Gasteiger partial charge is 0.330 e. The molecule has 0 aromatic heterocycles. The van der Waals surface area contributed by atoms with Gasteiger partial charge in [0.2, 0.25) is 0 Å². The van der Waals surface area contributed by atoms with Crippen LogP contribution in [0.1, 0.15) is 65.7 Å². The summed E-state index contributed by atoms with van der Waals surface area (Å²) in [6.07, 6.45) is 10.3. The molecule has 2 N–H and O–H groups in total. The van der Waals surface area contributed by atoms with E-state index in [9.17, 15) is 9.59 Å². The molecule has 0 aliphatic rings. The quantitative estimate of drug-likeness (QED) is 0.485. The molecule has 116 valence electrons. The molecule has 0 aliphatic carbocycles. The molecule has 0 unspecified atom stereocenters. The lowest BCUT2D eigenvalue weighted by molar-refractivity contribution is -0.133. The van der Waals surface area contributed by atoms with E-state index >= 15 is 0 Å². The third-order valence-electron chi connectivity index (χ3n) is 2.71. The molecule has 0 bridgehead atoms. The second kappa shape index (κ2) is 13.8. The molecule has 0 spiro atoms. The zero-order valence-electron chi connectivity index (χ0n) is 12.9. The van der Waals surface area contributed by atoms with E-state index < -0.39 is 11.9 Å². The van der Waals surface area contributed by atoms with Gasteiger partial charge in [-0.3, -0.25) is 0 Å². The Bertz CT molecular complexity index is 317. The standard InChI is InChI=1S/C12H22O2.C4H6O2/c1-3-4-5-6-7-8-9-10-11(2)12(13)14;1-3(2)4(5)6/h10H,3-9H2,1-2H3,(H,13,14);1H2,2H3,(H,5,6). The Kier molecular flexibility index (Phi) is 14.3. The number of carboxylic acid groups (broad SMARTS) is 2. The van der Waals surface area contributed by atoms with Crippen molar-refractivity contribution in [3.05, 3.63) is 23.8 Å². The summed E-state index contributed by atoms with van der Waals surface area (Å²) in [6, 6.07) is 0. The van der Waals surface area contributed by atoms with Crippen LogP contribution < -0.4 is 0 Å². The summed E-state index contributed by atoms with van der Waals surface area (Å²) in [7, 11) is 0. The highest BCUT2D eigenvalue weighted by molar-refractivity contribution is 5.85. The third-order valence-corrected chi connectivity index (χ3v) is 2.71. The minimum absolute atomic E-state index is 0.176. The molecule has 0 heterocycles. The van der Waals surface area contributed by atoms with Gasteiger partial charge in [-0.25, -0.2) is 9.59 Å². The maximum atomic E-state index is 10.4. The van der Waals surface area contributed by atoms with Gasteiger partial charge in [-0.15, -0.1) is 0 Å². The molecule has 0 saturated heterocycles. The van der Waals surface area contributed by atoms with Crippen molar-refractivity contribution < 1.29 is 19.8 Å². The molecule has 0 atom stereocenters. The zero-order valence-corrected chi connectivity index (χ0v) is 12.9. The van der Waals surface area contributed by atoms with E-state index in [1.807, 2.05) is 6.08 Å². The van der Waals surface area contributed by atoms with E-state index in [1.165, 1.54) is 39.0 Å². The monoisotopic (exact) mass is 284 g/mol. The van der Waals surface area contributed by atoms with Crippen molar-refractivity contribution in [3.63, 3.8) is 0 Å². The molecule has 0 rings (SSSR count). The molecule has 0 radical (unpaired) electrons. The Hall–Kier alpha value is -1.58. The SMILES string of the molecule is C=C(C)C(=O)O.CCCCCCCCC=C(C)C(=O)O. The van der Waals surface area contributed by atoms with Gasteiger partial charge in [0.15, 0.2) is 0 Å². The molecule has 0 saturated carbocycles. The molecule has 0 aromatic carbocycles. The van der Waals surface area contributed by atoms with Gasteiger partial charge in [-0.1, -0.05) is 51.7 Å². The second-order valence-electron chi connectivity index (χ2n) is 4.83. The summed E-state index contributed by atoms with van der Waals surface area (Å²) in [5, 5.41) is 16.5. The molecule has 4 heteroatoms. The third kappa shape index (κ3) is 16.4. The lowest BCUT2D eigenvalue weighted by Crippen LogP contribution is -1.95. The van der Waals surface area contributed by atoms with E-state index in [0.29, 0.717) is 5.57 Å². The van der Waals surface area contributed by atoms with Crippen LogP contribution in [0.4, 0.5) is 0 Å². The van der Waals surface area contributed by atoms with Crippen LogP contribution in [0, 0.1) is 0 Å². The van der Waals surface area contributed by atoms with Crippen LogP contribution in [0.2, 0.25) is 0 Å². The molecule has 20 heavy (non-hydrogen) atoms. The highest BCUT2D eigenvalue weighted by Crippen LogP contribution is 2.08. The average molecular weight is 284 g/mol. The molecule has 4 nitrogen and oxygen atoms in total. The van der Waals surface area contributed by atoms with Gasteiger partial charge in [0.25, 0.3) is 0 Å². The Morgan fingerprint density at radius 2 is 1.40 bits per heavy atom. The largest absolute Gasteiger partial charge is 0.478 e. The summed E-state index contributed by atoms with van der Waals surface area (Å²) in [4.78, 5) is 20.0. The summed E-state index contributed by atoms with van der Waals surface area (Å²) in [5.41, 5.74) is 0.647.